The highest BCUT2D eigenvalue weighted by atomic mass is 35.5. The van der Waals surface area contributed by atoms with E-state index in [2.05, 4.69) is 5.32 Å². The van der Waals surface area contributed by atoms with Crippen LogP contribution in [0.3, 0.4) is 0 Å². The summed E-state index contributed by atoms with van der Waals surface area (Å²) >= 11 is 11.9. The molecule has 0 spiro atoms. The summed E-state index contributed by atoms with van der Waals surface area (Å²) in [6, 6.07) is 6.84. The van der Waals surface area contributed by atoms with E-state index in [9.17, 15) is 10.0 Å². The van der Waals surface area contributed by atoms with Gasteiger partial charge in [0.1, 0.15) is 0 Å². The molecule has 2 aliphatic heterocycles. The van der Waals surface area contributed by atoms with Crippen molar-refractivity contribution in [3.63, 3.8) is 0 Å². The molecule has 7 heteroatoms. The van der Waals surface area contributed by atoms with E-state index in [1.54, 1.807) is 24.4 Å². The molecule has 2 bridgehead atoms. The average molecular weight is 364 g/mol. The second-order valence-corrected chi connectivity index (χ2v) is 7.02. The first-order chi connectivity index (χ1) is 11.5. The number of aromatic nitrogens is 1. The second-order valence-electron chi connectivity index (χ2n) is 6.20. The number of hydrogen-bond donors (Lipinski definition) is 1. The Bertz CT molecular complexity index is 827. The van der Waals surface area contributed by atoms with Crippen LogP contribution in [0.25, 0.3) is 0 Å². The molecule has 3 heterocycles. The summed E-state index contributed by atoms with van der Waals surface area (Å²) in [4.78, 5) is 14.7. The zero-order valence-electron chi connectivity index (χ0n) is 12.7. The molecule has 1 N–H and O–H groups in total. The lowest BCUT2D eigenvalue weighted by atomic mass is 9.95. The third-order valence-corrected chi connectivity index (χ3v) is 5.52. The number of rotatable bonds is 1. The monoisotopic (exact) mass is 363 g/mol. The molecular weight excluding hydrogens is 349 g/mol. The number of nitrogens with zero attached hydrogens (tertiary/aromatic N) is 2. The minimum Gasteiger partial charge on any atom is -0.619 e. The maximum Gasteiger partial charge on any atom is 0.322 e. The van der Waals surface area contributed by atoms with Crippen molar-refractivity contribution >= 4 is 34.9 Å². The van der Waals surface area contributed by atoms with Gasteiger partial charge in [0.2, 0.25) is 0 Å². The normalized spacial score (nSPS) is 21.5. The number of nitrogens with one attached hydrogen (secondary N) is 1. The predicted octanol–water partition coefficient (Wildman–Crippen LogP) is 3.92. The molecule has 5 nitrogen and oxygen atoms in total. The van der Waals surface area contributed by atoms with Gasteiger partial charge in [0.25, 0.3) is 0 Å². The molecule has 0 aliphatic carbocycles. The van der Waals surface area contributed by atoms with Crippen LogP contribution in [-0.4, -0.2) is 17.0 Å². The summed E-state index contributed by atoms with van der Waals surface area (Å²) in [5.41, 5.74) is 2.73. The number of benzene rings is 1. The Morgan fingerprint density at radius 2 is 2.08 bits per heavy atom. The lowest BCUT2D eigenvalue weighted by Gasteiger charge is -2.35. The van der Waals surface area contributed by atoms with Gasteiger partial charge in [-0.1, -0.05) is 23.2 Å². The molecular formula is C17H15Cl2N3O2. The Kier molecular flexibility index (Phi) is 3.77. The highest BCUT2D eigenvalue weighted by Crippen LogP contribution is 2.43. The molecule has 2 amide bonds. The van der Waals surface area contributed by atoms with Crippen molar-refractivity contribution in [2.24, 2.45) is 0 Å². The molecule has 124 valence electrons. The molecule has 2 aromatic rings. The van der Waals surface area contributed by atoms with Crippen LogP contribution in [0.5, 0.6) is 0 Å². The average Bonchev–Trinajstić information content (AvgIpc) is 2.86. The van der Waals surface area contributed by atoms with Crippen LogP contribution in [0, 0.1) is 5.21 Å². The van der Waals surface area contributed by atoms with E-state index in [1.807, 2.05) is 11.0 Å². The van der Waals surface area contributed by atoms with Crippen LogP contribution in [0.1, 0.15) is 30.0 Å². The second kappa shape index (κ2) is 5.83. The molecule has 24 heavy (non-hydrogen) atoms. The highest BCUT2D eigenvalue weighted by molar-refractivity contribution is 6.42. The molecule has 1 fully saturated rings. The van der Waals surface area contributed by atoms with Gasteiger partial charge in [-0.3, -0.25) is 0 Å². The van der Waals surface area contributed by atoms with E-state index in [0.717, 1.165) is 28.7 Å². The van der Waals surface area contributed by atoms with Crippen LogP contribution in [0.4, 0.5) is 10.5 Å². The first-order valence-corrected chi connectivity index (χ1v) is 8.54. The largest absolute Gasteiger partial charge is 0.619 e. The summed E-state index contributed by atoms with van der Waals surface area (Å²) in [6.07, 6.45) is 5.67. The van der Waals surface area contributed by atoms with E-state index in [-0.39, 0.29) is 18.1 Å². The van der Waals surface area contributed by atoms with Crippen LogP contribution in [0.2, 0.25) is 10.0 Å². The lowest BCUT2D eigenvalue weighted by Crippen LogP contribution is -2.45. The number of hydrogen-bond acceptors (Lipinski definition) is 2. The van der Waals surface area contributed by atoms with E-state index in [0.29, 0.717) is 22.2 Å². The number of anilines is 1. The highest BCUT2D eigenvalue weighted by Gasteiger charge is 2.43. The van der Waals surface area contributed by atoms with Gasteiger partial charge in [0.05, 0.1) is 16.1 Å². The standard InChI is InChI=1S/C17H15Cl2N3O2/c18-14-3-1-11(8-15(14)19)20-17(23)22-12-2-4-16(22)13-5-6-21(24)9-10(13)7-12/h1,3,5-6,8-9,12,16H,2,4,7H2,(H,20,23)/t12-,16+/m1/s1. The Labute approximate surface area is 149 Å². The summed E-state index contributed by atoms with van der Waals surface area (Å²) in [6.45, 7) is 0. The molecule has 0 unspecified atom stereocenters. The summed E-state index contributed by atoms with van der Waals surface area (Å²) in [5.74, 6) is 0. The fraction of sp³-hybridized carbons (Fsp3) is 0.294. The smallest absolute Gasteiger partial charge is 0.322 e. The fourth-order valence-corrected chi connectivity index (χ4v) is 4.04. The number of urea groups is 1. The number of amides is 2. The van der Waals surface area contributed by atoms with Gasteiger partial charge in [-0.25, -0.2) is 4.79 Å². The minimum atomic E-state index is -0.148. The minimum absolute atomic E-state index is 0.0164. The maximum atomic E-state index is 12.8. The van der Waals surface area contributed by atoms with E-state index < -0.39 is 0 Å². The number of fused-ring (bicyclic) bond motifs is 4. The molecule has 2 atom stereocenters. The van der Waals surface area contributed by atoms with Crippen molar-refractivity contribution in [2.75, 3.05) is 5.32 Å². The SMILES string of the molecule is O=C(Nc1ccc(Cl)c(Cl)c1)N1[C@@H]2CC[C@H]1c1cc[n+]([O-])cc1C2. The van der Waals surface area contributed by atoms with Crippen molar-refractivity contribution in [3.05, 3.63) is 63.0 Å². The van der Waals surface area contributed by atoms with E-state index in [1.165, 1.54) is 6.20 Å². The molecule has 1 saturated heterocycles. The van der Waals surface area contributed by atoms with Gasteiger partial charge in [-0.2, -0.15) is 4.73 Å². The topological polar surface area (TPSA) is 59.3 Å². The van der Waals surface area contributed by atoms with Gasteiger partial charge < -0.3 is 15.4 Å². The lowest BCUT2D eigenvalue weighted by molar-refractivity contribution is -0.606. The van der Waals surface area contributed by atoms with Crippen LogP contribution in [0.15, 0.2) is 36.7 Å². The summed E-state index contributed by atoms with van der Waals surface area (Å²) in [5, 5.41) is 15.2. The van der Waals surface area contributed by atoms with Crippen LogP contribution >= 0.6 is 23.2 Å². The van der Waals surface area contributed by atoms with E-state index >= 15 is 0 Å². The van der Waals surface area contributed by atoms with Gasteiger partial charge in [0, 0.05) is 23.4 Å². The number of carbonyl (C=O) groups is 1. The molecule has 0 saturated carbocycles. The van der Waals surface area contributed by atoms with Crippen molar-refractivity contribution < 1.29 is 9.52 Å². The number of pyridine rings is 1. The van der Waals surface area contributed by atoms with Crippen molar-refractivity contribution in [2.45, 2.75) is 31.3 Å². The van der Waals surface area contributed by atoms with E-state index in [4.69, 9.17) is 23.2 Å². The molecule has 4 rings (SSSR count). The molecule has 1 aromatic carbocycles. The maximum absolute atomic E-state index is 12.8. The zero-order valence-corrected chi connectivity index (χ0v) is 14.2. The van der Waals surface area contributed by atoms with Gasteiger partial charge in [-0.05, 0) is 43.0 Å². The Balaban J connectivity index is 1.59. The van der Waals surface area contributed by atoms with Gasteiger partial charge in [0.15, 0.2) is 12.4 Å². The van der Waals surface area contributed by atoms with Crippen LogP contribution in [-0.2, 0) is 6.42 Å². The molecule has 0 radical (unpaired) electrons. The Morgan fingerprint density at radius 3 is 2.88 bits per heavy atom. The third kappa shape index (κ3) is 2.58. The number of carbonyl (C=O) groups excluding carboxylic acids is 1. The van der Waals surface area contributed by atoms with Gasteiger partial charge >= 0.3 is 6.03 Å². The molecule has 2 aliphatic rings. The first-order valence-electron chi connectivity index (χ1n) is 7.79. The first kappa shape index (κ1) is 15.5. The summed E-state index contributed by atoms with van der Waals surface area (Å²) in [7, 11) is 0. The number of halogens is 2. The van der Waals surface area contributed by atoms with Gasteiger partial charge in [-0.15, -0.1) is 0 Å². The Morgan fingerprint density at radius 1 is 1.25 bits per heavy atom. The fourth-order valence-electron chi connectivity index (χ4n) is 3.74. The zero-order chi connectivity index (χ0) is 16.8. The Hall–Kier alpha value is -1.98. The van der Waals surface area contributed by atoms with Crippen molar-refractivity contribution in [3.8, 4) is 0 Å². The van der Waals surface area contributed by atoms with Crippen LogP contribution < -0.4 is 10.0 Å². The predicted molar refractivity (Wildman–Crippen MR) is 92.2 cm³/mol. The summed E-state index contributed by atoms with van der Waals surface area (Å²) < 4.78 is 0.823. The molecule has 1 aromatic heterocycles. The quantitative estimate of drug-likeness (QED) is 0.616. The van der Waals surface area contributed by atoms with Crippen molar-refractivity contribution in [1.82, 2.24) is 4.90 Å². The van der Waals surface area contributed by atoms with Crippen molar-refractivity contribution in [1.29, 1.82) is 0 Å². The third-order valence-electron chi connectivity index (χ3n) is 4.78.